The molecule has 2 nitrogen and oxygen atoms in total. The maximum absolute atomic E-state index is 3.69. The van der Waals surface area contributed by atoms with Crippen LogP contribution in [-0.4, -0.2) is 4.57 Å². The summed E-state index contributed by atoms with van der Waals surface area (Å²) in [4.78, 5) is 0. The zero-order valence-electron chi connectivity index (χ0n) is 24.2. The monoisotopic (exact) mass is 562 g/mol. The van der Waals surface area contributed by atoms with Gasteiger partial charge in [0.15, 0.2) is 0 Å². The molecular weight excluding hydrogens is 532 g/mol. The van der Waals surface area contributed by atoms with Crippen molar-refractivity contribution in [3.8, 4) is 39.1 Å². The Morgan fingerprint density at radius 2 is 0.955 bits per heavy atom. The lowest BCUT2D eigenvalue weighted by Crippen LogP contribution is -1.96. The lowest BCUT2D eigenvalue weighted by Gasteiger charge is -2.14. The third-order valence-corrected chi connectivity index (χ3v) is 8.39. The molecule has 0 radical (unpaired) electrons. The van der Waals surface area contributed by atoms with E-state index in [4.69, 9.17) is 0 Å². The predicted molar refractivity (Wildman–Crippen MR) is 187 cm³/mol. The molecule has 0 saturated heterocycles. The molecule has 0 amide bonds. The first-order valence-electron chi connectivity index (χ1n) is 15.0. The summed E-state index contributed by atoms with van der Waals surface area (Å²) in [5.74, 6) is 0. The molecule has 1 N–H and O–H groups in total. The summed E-state index contributed by atoms with van der Waals surface area (Å²) in [5, 5.41) is 6.19. The van der Waals surface area contributed by atoms with Crippen LogP contribution in [0.5, 0.6) is 0 Å². The Bertz CT molecular complexity index is 2230. The maximum atomic E-state index is 3.69. The zero-order valence-corrected chi connectivity index (χ0v) is 24.2. The highest BCUT2D eigenvalue weighted by Crippen LogP contribution is 2.38. The first-order chi connectivity index (χ1) is 21.8. The third-order valence-electron chi connectivity index (χ3n) is 8.39. The van der Waals surface area contributed by atoms with Crippen molar-refractivity contribution in [2.75, 3.05) is 5.32 Å². The van der Waals surface area contributed by atoms with Gasteiger partial charge in [0, 0.05) is 33.4 Å². The largest absolute Gasteiger partial charge is 0.355 e. The number of hydrogen-bond donors (Lipinski definition) is 1. The van der Waals surface area contributed by atoms with Crippen LogP contribution < -0.4 is 5.32 Å². The van der Waals surface area contributed by atoms with Crippen molar-refractivity contribution in [2.45, 2.75) is 0 Å². The van der Waals surface area contributed by atoms with Gasteiger partial charge < -0.3 is 9.88 Å². The average Bonchev–Trinajstić information content (AvgIpc) is 3.43. The summed E-state index contributed by atoms with van der Waals surface area (Å²) in [6.45, 7) is 0. The Labute approximate surface area is 257 Å². The van der Waals surface area contributed by atoms with Crippen LogP contribution in [0.15, 0.2) is 176 Å². The molecule has 1 aromatic heterocycles. The molecule has 0 aliphatic rings. The molecule has 0 spiro atoms. The van der Waals surface area contributed by atoms with Crippen molar-refractivity contribution in [1.82, 2.24) is 4.57 Å². The minimum atomic E-state index is 1.06. The van der Waals surface area contributed by atoms with E-state index in [0.717, 1.165) is 22.6 Å². The molecule has 7 aromatic carbocycles. The van der Waals surface area contributed by atoms with Gasteiger partial charge in [-0.15, -0.1) is 0 Å². The highest BCUT2D eigenvalue weighted by molar-refractivity contribution is 6.10. The quantitative estimate of drug-likeness (QED) is 0.213. The molecule has 44 heavy (non-hydrogen) atoms. The standard InChI is InChI=1S/C42H30N2/c1-3-12-30(13-4-1)32-22-25-35(26-23-32)43-40-20-9-7-18-37(40)34-24-27-39-38-19-8-10-21-41(38)44(42(39)29-34)36-17-11-16-33(28-36)31-14-5-2-6-15-31/h1-29,43H. The summed E-state index contributed by atoms with van der Waals surface area (Å²) in [6, 6.07) is 62.7. The van der Waals surface area contributed by atoms with E-state index < -0.39 is 0 Å². The van der Waals surface area contributed by atoms with Crippen LogP contribution in [0.25, 0.3) is 60.9 Å². The van der Waals surface area contributed by atoms with Crippen LogP contribution in [-0.2, 0) is 0 Å². The molecule has 208 valence electrons. The van der Waals surface area contributed by atoms with E-state index in [1.807, 2.05) is 0 Å². The van der Waals surface area contributed by atoms with Crippen molar-refractivity contribution < 1.29 is 0 Å². The highest BCUT2D eigenvalue weighted by atomic mass is 15.0. The fraction of sp³-hybridized carbons (Fsp3) is 0. The first-order valence-corrected chi connectivity index (χ1v) is 15.0. The molecule has 8 aromatic rings. The normalized spacial score (nSPS) is 11.2. The van der Waals surface area contributed by atoms with Crippen molar-refractivity contribution in [2.24, 2.45) is 0 Å². The number of nitrogens with one attached hydrogen (secondary N) is 1. The number of hydrogen-bond acceptors (Lipinski definition) is 1. The second-order valence-electron chi connectivity index (χ2n) is 11.1. The molecule has 0 aliphatic heterocycles. The second kappa shape index (κ2) is 11.1. The highest BCUT2D eigenvalue weighted by Gasteiger charge is 2.15. The molecule has 2 heteroatoms. The Morgan fingerprint density at radius 3 is 1.75 bits per heavy atom. The number of rotatable bonds is 6. The first kappa shape index (κ1) is 25.8. The van der Waals surface area contributed by atoms with Gasteiger partial charge in [-0.2, -0.15) is 0 Å². The van der Waals surface area contributed by atoms with Gasteiger partial charge in [-0.25, -0.2) is 0 Å². The van der Waals surface area contributed by atoms with Crippen LogP contribution in [0.1, 0.15) is 0 Å². The van der Waals surface area contributed by atoms with Crippen LogP contribution >= 0.6 is 0 Å². The molecule has 0 bridgehead atoms. The van der Waals surface area contributed by atoms with Gasteiger partial charge in [0.05, 0.1) is 11.0 Å². The number of para-hydroxylation sites is 2. The smallest absolute Gasteiger partial charge is 0.0547 e. The Morgan fingerprint density at radius 1 is 0.364 bits per heavy atom. The number of benzene rings is 7. The van der Waals surface area contributed by atoms with Gasteiger partial charge in [0.2, 0.25) is 0 Å². The molecule has 0 aliphatic carbocycles. The van der Waals surface area contributed by atoms with Gasteiger partial charge in [-0.3, -0.25) is 0 Å². The van der Waals surface area contributed by atoms with Gasteiger partial charge in [0.25, 0.3) is 0 Å². The molecule has 0 unspecified atom stereocenters. The van der Waals surface area contributed by atoms with Gasteiger partial charge >= 0.3 is 0 Å². The van der Waals surface area contributed by atoms with Crippen LogP contribution in [0.3, 0.4) is 0 Å². The van der Waals surface area contributed by atoms with E-state index in [1.165, 1.54) is 49.6 Å². The lowest BCUT2D eigenvalue weighted by atomic mass is 10.0. The van der Waals surface area contributed by atoms with Crippen molar-refractivity contribution in [3.63, 3.8) is 0 Å². The second-order valence-corrected chi connectivity index (χ2v) is 11.1. The summed E-state index contributed by atoms with van der Waals surface area (Å²) in [7, 11) is 0. The molecule has 0 atom stereocenters. The topological polar surface area (TPSA) is 17.0 Å². The predicted octanol–water partition coefficient (Wildman–Crippen LogP) is 11.5. The van der Waals surface area contributed by atoms with E-state index >= 15 is 0 Å². The SMILES string of the molecule is c1ccc(-c2ccc(Nc3ccccc3-c3ccc4c5ccccc5n(-c5cccc(-c6ccccc6)c5)c4c3)cc2)cc1. The van der Waals surface area contributed by atoms with Crippen molar-refractivity contribution in [3.05, 3.63) is 176 Å². The summed E-state index contributed by atoms with van der Waals surface area (Å²) >= 11 is 0. The fourth-order valence-electron chi connectivity index (χ4n) is 6.25. The van der Waals surface area contributed by atoms with Gasteiger partial charge in [-0.1, -0.05) is 133 Å². The number of anilines is 2. The third kappa shape index (κ3) is 4.73. The molecular formula is C42H30N2. The Balaban J connectivity index is 1.22. The van der Waals surface area contributed by atoms with Crippen molar-refractivity contribution in [1.29, 1.82) is 0 Å². The van der Waals surface area contributed by atoms with Crippen LogP contribution in [0, 0.1) is 0 Å². The summed E-state index contributed by atoms with van der Waals surface area (Å²) in [5.41, 5.74) is 12.9. The number of nitrogens with zero attached hydrogens (tertiary/aromatic N) is 1. The van der Waals surface area contributed by atoms with E-state index in [0.29, 0.717) is 0 Å². The number of aromatic nitrogens is 1. The minimum absolute atomic E-state index is 1.06. The Hall–Kier alpha value is -5.86. The molecule has 0 saturated carbocycles. The number of fused-ring (bicyclic) bond motifs is 3. The van der Waals surface area contributed by atoms with Crippen LogP contribution in [0.2, 0.25) is 0 Å². The van der Waals surface area contributed by atoms with Crippen molar-refractivity contribution >= 4 is 33.2 Å². The maximum Gasteiger partial charge on any atom is 0.0547 e. The molecule has 1 heterocycles. The van der Waals surface area contributed by atoms with E-state index in [1.54, 1.807) is 0 Å². The van der Waals surface area contributed by atoms with Gasteiger partial charge in [-0.05, 0) is 70.3 Å². The van der Waals surface area contributed by atoms with Crippen LogP contribution in [0.4, 0.5) is 11.4 Å². The Kier molecular flexibility index (Phi) is 6.51. The molecule has 8 rings (SSSR count). The zero-order chi connectivity index (χ0) is 29.3. The fourth-order valence-corrected chi connectivity index (χ4v) is 6.25. The summed E-state index contributed by atoms with van der Waals surface area (Å²) < 4.78 is 2.40. The van der Waals surface area contributed by atoms with Gasteiger partial charge in [0.1, 0.15) is 0 Å². The van der Waals surface area contributed by atoms with E-state index in [-0.39, 0.29) is 0 Å². The minimum Gasteiger partial charge on any atom is -0.355 e. The lowest BCUT2D eigenvalue weighted by molar-refractivity contribution is 1.18. The van der Waals surface area contributed by atoms with E-state index in [2.05, 4.69) is 186 Å². The average molecular weight is 563 g/mol. The summed E-state index contributed by atoms with van der Waals surface area (Å²) in [6.07, 6.45) is 0. The molecule has 0 fully saturated rings. The van der Waals surface area contributed by atoms with E-state index in [9.17, 15) is 0 Å².